The maximum atomic E-state index is 13.3. The molecule has 0 bridgehead atoms. The second-order valence-electron chi connectivity index (χ2n) is 9.58. The summed E-state index contributed by atoms with van der Waals surface area (Å²) in [6.45, 7) is 11.8. The summed E-state index contributed by atoms with van der Waals surface area (Å²) in [4.78, 5) is 27.2. The van der Waals surface area contributed by atoms with Gasteiger partial charge in [-0.25, -0.2) is 4.79 Å². The maximum absolute atomic E-state index is 13.3. The standard InChI is InChI=1S/C25H34N2O3/c1-24(2,3)19-13-15-20(16-14-19)27(7)22(28)21(17-18-11-9-8-10-12-18)26-23(29)30-25(4,5)6/h8-16,21H,17H2,1-7H3,(H,26,29)/t21-/m0/s1. The summed E-state index contributed by atoms with van der Waals surface area (Å²) in [6, 6.07) is 16.8. The molecule has 0 saturated heterocycles. The molecule has 2 aromatic carbocycles. The molecule has 0 aliphatic heterocycles. The first kappa shape index (κ1) is 23.5. The van der Waals surface area contributed by atoms with Gasteiger partial charge in [-0.15, -0.1) is 0 Å². The van der Waals surface area contributed by atoms with Crippen molar-refractivity contribution in [1.82, 2.24) is 5.32 Å². The molecule has 5 nitrogen and oxygen atoms in total. The lowest BCUT2D eigenvalue weighted by Crippen LogP contribution is -2.50. The number of hydrogen-bond acceptors (Lipinski definition) is 3. The van der Waals surface area contributed by atoms with Gasteiger partial charge in [-0.05, 0) is 49.4 Å². The number of likely N-dealkylation sites (N-methyl/N-ethyl adjacent to an activating group) is 1. The topological polar surface area (TPSA) is 58.6 Å². The lowest BCUT2D eigenvalue weighted by Gasteiger charge is -2.27. The molecule has 2 rings (SSSR count). The Morgan fingerprint density at radius 3 is 2.00 bits per heavy atom. The van der Waals surface area contributed by atoms with Crippen molar-refractivity contribution >= 4 is 17.7 Å². The molecule has 0 fully saturated rings. The third-order valence-corrected chi connectivity index (χ3v) is 4.72. The largest absolute Gasteiger partial charge is 0.444 e. The van der Waals surface area contributed by atoms with Crippen LogP contribution in [0.5, 0.6) is 0 Å². The van der Waals surface area contributed by atoms with E-state index in [1.807, 2.05) is 54.6 Å². The van der Waals surface area contributed by atoms with Crippen LogP contribution in [-0.2, 0) is 21.4 Å². The van der Waals surface area contributed by atoms with Crippen LogP contribution in [0.1, 0.15) is 52.7 Å². The molecule has 0 aliphatic rings. The first-order valence-corrected chi connectivity index (χ1v) is 10.3. The monoisotopic (exact) mass is 410 g/mol. The van der Waals surface area contributed by atoms with E-state index in [0.717, 1.165) is 11.3 Å². The number of nitrogens with one attached hydrogen (secondary N) is 1. The second-order valence-corrected chi connectivity index (χ2v) is 9.58. The highest BCUT2D eigenvalue weighted by Crippen LogP contribution is 2.25. The quantitative estimate of drug-likeness (QED) is 0.747. The Balaban J connectivity index is 2.22. The van der Waals surface area contributed by atoms with Crippen LogP contribution in [0.3, 0.4) is 0 Å². The minimum absolute atomic E-state index is 0.0369. The number of nitrogens with zero attached hydrogens (tertiary/aromatic N) is 1. The van der Waals surface area contributed by atoms with Crippen LogP contribution in [-0.4, -0.2) is 30.7 Å². The van der Waals surface area contributed by atoms with Crippen molar-refractivity contribution in [3.63, 3.8) is 0 Å². The van der Waals surface area contributed by atoms with Crippen molar-refractivity contribution in [3.05, 3.63) is 65.7 Å². The number of alkyl carbamates (subject to hydrolysis) is 1. The number of carbonyl (C=O) groups is 2. The molecule has 5 heteroatoms. The van der Waals surface area contributed by atoms with E-state index in [2.05, 4.69) is 26.1 Å². The highest BCUT2D eigenvalue weighted by molar-refractivity contribution is 5.98. The summed E-state index contributed by atoms with van der Waals surface area (Å²) in [5.41, 5.74) is 2.33. The van der Waals surface area contributed by atoms with Crippen molar-refractivity contribution < 1.29 is 14.3 Å². The summed E-state index contributed by atoms with van der Waals surface area (Å²) in [7, 11) is 1.73. The van der Waals surface area contributed by atoms with E-state index in [-0.39, 0.29) is 11.3 Å². The molecule has 0 radical (unpaired) electrons. The number of rotatable bonds is 5. The van der Waals surface area contributed by atoms with Crippen molar-refractivity contribution in [2.45, 2.75) is 65.0 Å². The predicted molar refractivity (Wildman–Crippen MR) is 122 cm³/mol. The van der Waals surface area contributed by atoms with Crippen molar-refractivity contribution in [3.8, 4) is 0 Å². The average molecular weight is 411 g/mol. The van der Waals surface area contributed by atoms with Crippen LogP contribution in [0, 0.1) is 0 Å². The Morgan fingerprint density at radius 2 is 1.50 bits per heavy atom. The normalized spacial score (nSPS) is 12.8. The third-order valence-electron chi connectivity index (χ3n) is 4.72. The molecule has 0 heterocycles. The summed E-state index contributed by atoms with van der Waals surface area (Å²) in [6.07, 6.45) is -0.225. The number of benzene rings is 2. The third kappa shape index (κ3) is 6.90. The zero-order chi connectivity index (χ0) is 22.5. The Morgan fingerprint density at radius 1 is 0.933 bits per heavy atom. The summed E-state index contributed by atoms with van der Waals surface area (Å²) in [5.74, 6) is -0.201. The lowest BCUT2D eigenvalue weighted by molar-refractivity contribution is -0.120. The Labute approximate surface area is 180 Å². The van der Waals surface area contributed by atoms with Gasteiger partial charge in [-0.3, -0.25) is 4.79 Å². The first-order valence-electron chi connectivity index (χ1n) is 10.3. The average Bonchev–Trinajstić information content (AvgIpc) is 2.65. The summed E-state index contributed by atoms with van der Waals surface area (Å²) < 4.78 is 5.37. The Kier molecular flexibility index (Phi) is 7.30. The molecular weight excluding hydrogens is 376 g/mol. The Hall–Kier alpha value is -2.82. The van der Waals surface area contributed by atoms with E-state index in [4.69, 9.17) is 4.74 Å². The summed E-state index contributed by atoms with van der Waals surface area (Å²) >= 11 is 0. The fourth-order valence-corrected chi connectivity index (χ4v) is 3.05. The predicted octanol–water partition coefficient (Wildman–Crippen LogP) is 5.08. The number of hydrogen-bond donors (Lipinski definition) is 1. The van der Waals surface area contributed by atoms with E-state index in [9.17, 15) is 9.59 Å². The lowest BCUT2D eigenvalue weighted by atomic mass is 9.87. The van der Waals surface area contributed by atoms with Crippen molar-refractivity contribution in [1.29, 1.82) is 0 Å². The molecule has 0 aromatic heterocycles. The number of ether oxygens (including phenoxy) is 1. The molecule has 2 amide bonds. The van der Waals surface area contributed by atoms with Gasteiger partial charge in [0, 0.05) is 19.2 Å². The van der Waals surface area contributed by atoms with Crippen LogP contribution in [0.25, 0.3) is 0 Å². The summed E-state index contributed by atoms with van der Waals surface area (Å²) in [5, 5.41) is 2.76. The number of carbonyl (C=O) groups excluding carboxylic acids is 2. The molecule has 0 spiro atoms. The molecule has 0 aliphatic carbocycles. The second kappa shape index (κ2) is 9.33. The fourth-order valence-electron chi connectivity index (χ4n) is 3.05. The van der Waals surface area contributed by atoms with E-state index >= 15 is 0 Å². The van der Waals surface area contributed by atoms with Gasteiger partial charge in [-0.2, -0.15) is 0 Å². The first-order chi connectivity index (χ1) is 13.9. The van der Waals surface area contributed by atoms with Gasteiger partial charge in [0.25, 0.3) is 0 Å². The molecule has 0 saturated carbocycles. The van der Waals surface area contributed by atoms with E-state index in [1.165, 1.54) is 5.56 Å². The van der Waals surface area contributed by atoms with E-state index < -0.39 is 17.7 Å². The Bertz CT molecular complexity index is 847. The van der Waals surface area contributed by atoms with Gasteiger partial charge >= 0.3 is 6.09 Å². The van der Waals surface area contributed by atoms with Crippen molar-refractivity contribution in [2.75, 3.05) is 11.9 Å². The smallest absolute Gasteiger partial charge is 0.408 e. The fraction of sp³-hybridized carbons (Fsp3) is 0.440. The zero-order valence-electron chi connectivity index (χ0n) is 19.2. The molecule has 0 unspecified atom stereocenters. The van der Waals surface area contributed by atoms with Crippen molar-refractivity contribution in [2.24, 2.45) is 0 Å². The van der Waals surface area contributed by atoms with Gasteiger partial charge in [-0.1, -0.05) is 63.2 Å². The highest BCUT2D eigenvalue weighted by Gasteiger charge is 2.27. The minimum atomic E-state index is -0.741. The number of anilines is 1. The van der Waals surface area contributed by atoms with E-state index in [1.54, 1.807) is 32.7 Å². The molecular formula is C25H34N2O3. The van der Waals surface area contributed by atoms with Crippen LogP contribution in [0.15, 0.2) is 54.6 Å². The van der Waals surface area contributed by atoms with Gasteiger partial charge in [0.2, 0.25) is 5.91 Å². The number of amides is 2. The molecule has 30 heavy (non-hydrogen) atoms. The highest BCUT2D eigenvalue weighted by atomic mass is 16.6. The van der Waals surface area contributed by atoms with Gasteiger partial charge < -0.3 is 15.0 Å². The van der Waals surface area contributed by atoms with Crippen LogP contribution in [0.2, 0.25) is 0 Å². The van der Waals surface area contributed by atoms with Crippen LogP contribution in [0.4, 0.5) is 10.5 Å². The van der Waals surface area contributed by atoms with E-state index in [0.29, 0.717) is 6.42 Å². The van der Waals surface area contributed by atoms with Crippen LogP contribution >= 0.6 is 0 Å². The molecule has 162 valence electrons. The molecule has 1 atom stereocenters. The van der Waals surface area contributed by atoms with Gasteiger partial charge in [0.05, 0.1) is 0 Å². The molecule has 2 aromatic rings. The zero-order valence-corrected chi connectivity index (χ0v) is 19.2. The minimum Gasteiger partial charge on any atom is -0.444 e. The van der Waals surface area contributed by atoms with Crippen LogP contribution < -0.4 is 10.2 Å². The van der Waals surface area contributed by atoms with Gasteiger partial charge in [0.15, 0.2) is 0 Å². The van der Waals surface area contributed by atoms with Gasteiger partial charge in [0.1, 0.15) is 11.6 Å². The molecule has 1 N–H and O–H groups in total. The maximum Gasteiger partial charge on any atom is 0.408 e. The SMILES string of the molecule is CN(C(=O)[C@H](Cc1ccccc1)NC(=O)OC(C)(C)C)c1ccc(C(C)(C)C)cc1.